The molecule has 0 amide bonds. The van der Waals surface area contributed by atoms with E-state index >= 15 is 0 Å². The smallest absolute Gasteiger partial charge is 0.112 e. The zero-order valence-electron chi connectivity index (χ0n) is 17.1. The average molecular weight is 484 g/mol. The molecular weight excluding hydrogens is 462 g/mol. The maximum absolute atomic E-state index is 6.32. The molecule has 0 aliphatic carbocycles. The molecule has 2 N–H and O–H groups in total. The minimum atomic E-state index is -0.195. The molecule has 2 aromatic heterocycles. The molecular formula is C22H22Cl4N4. The third-order valence-electron chi connectivity index (χ3n) is 5.67. The van der Waals surface area contributed by atoms with Gasteiger partial charge in [0.1, 0.15) is 22.7 Å². The molecule has 2 heterocycles. The largest absolute Gasteiger partial charge is 0.341 e. The maximum atomic E-state index is 6.32. The SMILES string of the molecule is CC(C)(CCC(C)(C)c1nc2c(Cl)cc(Cl)cc2[nH]1)c1nc2c(Cl)cc(Cl)cc2[nH]1. The van der Waals surface area contributed by atoms with Gasteiger partial charge in [0.15, 0.2) is 0 Å². The summed E-state index contributed by atoms with van der Waals surface area (Å²) in [5, 5.41) is 2.28. The molecule has 0 fully saturated rings. The lowest BCUT2D eigenvalue weighted by atomic mass is 9.78. The van der Waals surface area contributed by atoms with Crippen molar-refractivity contribution < 1.29 is 0 Å². The highest BCUT2D eigenvalue weighted by atomic mass is 35.5. The summed E-state index contributed by atoms with van der Waals surface area (Å²) >= 11 is 24.9. The lowest BCUT2D eigenvalue weighted by Gasteiger charge is -2.28. The molecule has 0 aliphatic rings. The van der Waals surface area contributed by atoms with Crippen LogP contribution < -0.4 is 0 Å². The van der Waals surface area contributed by atoms with Crippen LogP contribution in [-0.2, 0) is 10.8 Å². The number of rotatable bonds is 5. The monoisotopic (exact) mass is 482 g/mol. The van der Waals surface area contributed by atoms with Crippen molar-refractivity contribution in [3.8, 4) is 0 Å². The van der Waals surface area contributed by atoms with Crippen LogP contribution >= 0.6 is 46.4 Å². The first-order chi connectivity index (χ1) is 14.0. The Morgan fingerprint density at radius 3 is 1.40 bits per heavy atom. The highest BCUT2D eigenvalue weighted by Gasteiger charge is 2.31. The van der Waals surface area contributed by atoms with Gasteiger partial charge in [-0.2, -0.15) is 0 Å². The molecule has 4 aromatic rings. The first kappa shape index (κ1) is 21.8. The summed E-state index contributed by atoms with van der Waals surface area (Å²) in [7, 11) is 0. The molecule has 0 aliphatic heterocycles. The Hall–Kier alpha value is -1.46. The van der Waals surface area contributed by atoms with Gasteiger partial charge < -0.3 is 9.97 Å². The minimum Gasteiger partial charge on any atom is -0.341 e. The number of H-pyrrole nitrogens is 2. The van der Waals surface area contributed by atoms with Crippen molar-refractivity contribution in [1.82, 2.24) is 19.9 Å². The molecule has 4 nitrogen and oxygen atoms in total. The van der Waals surface area contributed by atoms with E-state index in [9.17, 15) is 0 Å². The number of aromatic amines is 2. The average Bonchev–Trinajstić information content (AvgIpc) is 3.25. The fourth-order valence-corrected chi connectivity index (χ4v) is 4.66. The molecule has 0 radical (unpaired) electrons. The molecule has 30 heavy (non-hydrogen) atoms. The number of aromatic nitrogens is 4. The first-order valence-corrected chi connectivity index (χ1v) is 11.2. The number of imidazole rings is 2. The predicted molar refractivity (Wildman–Crippen MR) is 128 cm³/mol. The zero-order valence-corrected chi connectivity index (χ0v) is 20.2. The Balaban J connectivity index is 1.59. The maximum Gasteiger partial charge on any atom is 0.112 e. The number of hydrogen-bond donors (Lipinski definition) is 2. The third-order valence-corrected chi connectivity index (χ3v) is 6.68. The van der Waals surface area contributed by atoms with Crippen molar-refractivity contribution in [3.05, 3.63) is 56.0 Å². The van der Waals surface area contributed by atoms with Crippen molar-refractivity contribution in [2.45, 2.75) is 51.4 Å². The number of hydrogen-bond acceptors (Lipinski definition) is 2. The van der Waals surface area contributed by atoms with E-state index in [4.69, 9.17) is 56.4 Å². The van der Waals surface area contributed by atoms with Gasteiger partial charge in [0.05, 0.1) is 21.1 Å². The Morgan fingerprint density at radius 1 is 0.667 bits per heavy atom. The summed E-state index contributed by atoms with van der Waals surface area (Å²) in [4.78, 5) is 16.3. The van der Waals surface area contributed by atoms with E-state index in [1.54, 1.807) is 12.1 Å². The number of benzene rings is 2. The van der Waals surface area contributed by atoms with Crippen LogP contribution in [0.4, 0.5) is 0 Å². The number of nitrogens with one attached hydrogen (secondary N) is 2. The molecule has 158 valence electrons. The van der Waals surface area contributed by atoms with Crippen LogP contribution in [0.15, 0.2) is 24.3 Å². The van der Waals surface area contributed by atoms with Crippen LogP contribution in [0.5, 0.6) is 0 Å². The summed E-state index contributed by atoms with van der Waals surface area (Å²) in [6.45, 7) is 8.69. The zero-order chi connectivity index (χ0) is 21.8. The Labute approximate surface area is 195 Å². The fourth-order valence-electron chi connectivity index (χ4n) is 3.59. The van der Waals surface area contributed by atoms with Crippen LogP contribution in [0, 0.1) is 0 Å². The number of halogens is 4. The number of nitrogens with zero attached hydrogens (tertiary/aromatic N) is 2. The van der Waals surface area contributed by atoms with E-state index < -0.39 is 0 Å². The van der Waals surface area contributed by atoms with E-state index in [1.807, 2.05) is 12.1 Å². The van der Waals surface area contributed by atoms with Gasteiger partial charge in [-0.25, -0.2) is 9.97 Å². The Bertz CT molecular complexity index is 1160. The summed E-state index contributed by atoms with van der Waals surface area (Å²) in [5.74, 6) is 1.77. The van der Waals surface area contributed by atoms with Gasteiger partial charge in [-0.05, 0) is 37.1 Å². The van der Waals surface area contributed by atoms with Crippen molar-refractivity contribution in [2.24, 2.45) is 0 Å². The van der Waals surface area contributed by atoms with E-state index in [2.05, 4.69) is 37.7 Å². The van der Waals surface area contributed by atoms with Crippen LogP contribution in [0.2, 0.25) is 20.1 Å². The van der Waals surface area contributed by atoms with Crippen molar-refractivity contribution in [2.75, 3.05) is 0 Å². The molecule has 0 unspecified atom stereocenters. The van der Waals surface area contributed by atoms with Crippen molar-refractivity contribution in [3.63, 3.8) is 0 Å². The minimum absolute atomic E-state index is 0.195. The highest BCUT2D eigenvalue weighted by molar-refractivity contribution is 6.38. The topological polar surface area (TPSA) is 57.4 Å². The second-order valence-electron chi connectivity index (χ2n) is 9.01. The van der Waals surface area contributed by atoms with Gasteiger partial charge in [-0.1, -0.05) is 74.1 Å². The van der Waals surface area contributed by atoms with Gasteiger partial charge in [0.25, 0.3) is 0 Å². The summed E-state index contributed by atoms with van der Waals surface area (Å²) < 4.78 is 0. The fraction of sp³-hybridized carbons (Fsp3) is 0.364. The highest BCUT2D eigenvalue weighted by Crippen LogP contribution is 2.37. The normalized spacial score (nSPS) is 12.9. The quantitative estimate of drug-likeness (QED) is 0.301. The van der Waals surface area contributed by atoms with Crippen LogP contribution in [-0.4, -0.2) is 19.9 Å². The van der Waals surface area contributed by atoms with Gasteiger partial charge >= 0.3 is 0 Å². The van der Waals surface area contributed by atoms with E-state index in [0.717, 1.165) is 46.6 Å². The second-order valence-corrected chi connectivity index (χ2v) is 10.7. The standard InChI is InChI=1S/C22H22Cl4N4/c1-21(2,19-27-15-9-11(23)7-13(25)17(15)29-19)5-6-22(3,4)20-28-16-10-12(24)8-14(26)18(16)30-20/h7-10H,5-6H2,1-4H3,(H,27,29)(H,28,30). The Kier molecular flexibility index (Phi) is 5.51. The third kappa shape index (κ3) is 4.03. The summed E-state index contributed by atoms with van der Waals surface area (Å²) in [6.07, 6.45) is 1.77. The van der Waals surface area contributed by atoms with Crippen LogP contribution in [0.3, 0.4) is 0 Å². The van der Waals surface area contributed by atoms with E-state index in [0.29, 0.717) is 20.1 Å². The molecule has 0 atom stereocenters. The van der Waals surface area contributed by atoms with Crippen molar-refractivity contribution >= 4 is 68.5 Å². The molecule has 2 aromatic carbocycles. The van der Waals surface area contributed by atoms with Gasteiger partial charge in [0, 0.05) is 20.9 Å². The van der Waals surface area contributed by atoms with E-state index in [1.165, 1.54) is 0 Å². The van der Waals surface area contributed by atoms with Crippen LogP contribution in [0.1, 0.15) is 52.2 Å². The van der Waals surface area contributed by atoms with Crippen LogP contribution in [0.25, 0.3) is 22.1 Å². The molecule has 0 saturated heterocycles. The molecule has 0 spiro atoms. The number of fused-ring (bicyclic) bond motifs is 2. The van der Waals surface area contributed by atoms with Crippen molar-refractivity contribution in [1.29, 1.82) is 0 Å². The molecule has 8 heteroatoms. The lowest BCUT2D eigenvalue weighted by Crippen LogP contribution is -2.26. The Morgan fingerprint density at radius 2 is 1.03 bits per heavy atom. The summed E-state index contributed by atoms with van der Waals surface area (Å²) in [5.41, 5.74) is 2.79. The predicted octanol–water partition coefficient (Wildman–Crippen LogP) is 8.09. The molecule has 0 saturated carbocycles. The lowest BCUT2D eigenvalue weighted by molar-refractivity contribution is 0.355. The molecule has 0 bridgehead atoms. The van der Waals surface area contributed by atoms with E-state index in [-0.39, 0.29) is 10.8 Å². The van der Waals surface area contributed by atoms with Gasteiger partial charge in [-0.3, -0.25) is 0 Å². The molecule has 4 rings (SSSR count). The van der Waals surface area contributed by atoms with Gasteiger partial charge in [0.2, 0.25) is 0 Å². The van der Waals surface area contributed by atoms with Gasteiger partial charge in [-0.15, -0.1) is 0 Å². The first-order valence-electron chi connectivity index (χ1n) is 9.67. The second kappa shape index (κ2) is 7.59. The summed E-state index contributed by atoms with van der Waals surface area (Å²) in [6, 6.07) is 7.13.